The van der Waals surface area contributed by atoms with E-state index < -0.39 is 0 Å². The molecule has 0 radical (unpaired) electrons. The van der Waals surface area contributed by atoms with Crippen LogP contribution >= 0.6 is 15.9 Å². The van der Waals surface area contributed by atoms with Crippen LogP contribution in [0.4, 0.5) is 0 Å². The molecule has 0 aliphatic rings. The number of ether oxygens (including phenoxy) is 2. The highest BCUT2D eigenvalue weighted by atomic mass is 79.9. The molecule has 5 nitrogen and oxygen atoms in total. The van der Waals surface area contributed by atoms with E-state index in [1.165, 1.54) is 0 Å². The standard InChI is InChI=1S/C19H27BrN2O3/c1-6-24-17-8-15(9-21)7-16(20)19(17)25-12-18(23)22(10-13(2)3)11-14(4)5/h7-8,13-14H,6,10-12H2,1-5H3. The predicted octanol–water partition coefficient (Wildman–Crippen LogP) is 4.24. The maximum Gasteiger partial charge on any atom is 0.260 e. The summed E-state index contributed by atoms with van der Waals surface area (Å²) in [4.78, 5) is 14.4. The van der Waals surface area contributed by atoms with E-state index in [0.29, 0.717) is 53.1 Å². The van der Waals surface area contributed by atoms with E-state index in [1.807, 2.05) is 11.8 Å². The van der Waals surface area contributed by atoms with Gasteiger partial charge in [-0.1, -0.05) is 27.7 Å². The van der Waals surface area contributed by atoms with Gasteiger partial charge in [0.1, 0.15) is 0 Å². The summed E-state index contributed by atoms with van der Waals surface area (Å²) in [6, 6.07) is 5.35. The molecule has 0 aliphatic heterocycles. The largest absolute Gasteiger partial charge is 0.490 e. The van der Waals surface area contributed by atoms with E-state index in [-0.39, 0.29) is 12.5 Å². The fourth-order valence-corrected chi connectivity index (χ4v) is 2.98. The van der Waals surface area contributed by atoms with E-state index in [1.54, 1.807) is 12.1 Å². The first-order chi connectivity index (χ1) is 11.8. The molecule has 25 heavy (non-hydrogen) atoms. The van der Waals surface area contributed by atoms with E-state index in [9.17, 15) is 4.79 Å². The van der Waals surface area contributed by atoms with Gasteiger partial charge in [-0.15, -0.1) is 0 Å². The fraction of sp³-hybridized carbons (Fsp3) is 0.579. The van der Waals surface area contributed by atoms with Crippen molar-refractivity contribution in [1.82, 2.24) is 4.90 Å². The second-order valence-electron chi connectivity index (χ2n) is 6.71. The molecule has 1 aromatic carbocycles. The van der Waals surface area contributed by atoms with Crippen molar-refractivity contribution in [3.63, 3.8) is 0 Å². The highest BCUT2D eigenvalue weighted by molar-refractivity contribution is 9.10. The Hall–Kier alpha value is -1.74. The van der Waals surface area contributed by atoms with Gasteiger partial charge in [0.25, 0.3) is 5.91 Å². The lowest BCUT2D eigenvalue weighted by atomic mass is 10.1. The van der Waals surface area contributed by atoms with E-state index >= 15 is 0 Å². The average Bonchev–Trinajstić information content (AvgIpc) is 2.52. The number of hydrogen-bond donors (Lipinski definition) is 0. The van der Waals surface area contributed by atoms with Gasteiger partial charge in [0, 0.05) is 19.2 Å². The Morgan fingerprint density at radius 1 is 1.20 bits per heavy atom. The first-order valence-electron chi connectivity index (χ1n) is 8.55. The molecule has 138 valence electrons. The van der Waals surface area contributed by atoms with Gasteiger partial charge in [0.05, 0.1) is 22.7 Å². The lowest BCUT2D eigenvalue weighted by Gasteiger charge is -2.26. The van der Waals surface area contributed by atoms with Crippen molar-refractivity contribution >= 4 is 21.8 Å². The molecule has 1 aromatic rings. The van der Waals surface area contributed by atoms with Crippen molar-refractivity contribution in [3.8, 4) is 17.6 Å². The van der Waals surface area contributed by atoms with Crippen LogP contribution < -0.4 is 9.47 Å². The number of nitriles is 1. The summed E-state index contributed by atoms with van der Waals surface area (Å²) in [6.45, 7) is 12.0. The number of nitrogens with zero attached hydrogens (tertiary/aromatic N) is 2. The van der Waals surface area contributed by atoms with Crippen molar-refractivity contribution in [2.45, 2.75) is 34.6 Å². The van der Waals surface area contributed by atoms with Gasteiger partial charge in [-0.05, 0) is 40.8 Å². The zero-order valence-electron chi connectivity index (χ0n) is 15.6. The quantitative estimate of drug-likeness (QED) is 0.610. The Bertz CT molecular complexity index is 614. The zero-order chi connectivity index (χ0) is 19.0. The maximum absolute atomic E-state index is 12.6. The first kappa shape index (κ1) is 21.3. The third kappa shape index (κ3) is 6.95. The topological polar surface area (TPSA) is 62.6 Å². The molecule has 6 heteroatoms. The fourth-order valence-electron chi connectivity index (χ4n) is 2.42. The van der Waals surface area contributed by atoms with Crippen LogP contribution in [0.2, 0.25) is 0 Å². The van der Waals surface area contributed by atoms with Gasteiger partial charge < -0.3 is 14.4 Å². The smallest absolute Gasteiger partial charge is 0.260 e. The minimum atomic E-state index is -0.0655. The number of halogens is 1. The van der Waals surface area contributed by atoms with Crippen molar-refractivity contribution in [1.29, 1.82) is 5.26 Å². The van der Waals surface area contributed by atoms with Crippen LogP contribution in [0.15, 0.2) is 16.6 Å². The van der Waals surface area contributed by atoms with Crippen LogP contribution in [-0.2, 0) is 4.79 Å². The molecule has 0 aliphatic carbocycles. The maximum atomic E-state index is 12.6. The van der Waals surface area contributed by atoms with Gasteiger partial charge in [0.2, 0.25) is 0 Å². The second kappa shape index (κ2) is 10.3. The van der Waals surface area contributed by atoms with Gasteiger partial charge in [-0.2, -0.15) is 5.26 Å². The summed E-state index contributed by atoms with van der Waals surface area (Å²) >= 11 is 3.40. The van der Waals surface area contributed by atoms with E-state index in [4.69, 9.17) is 14.7 Å². The lowest BCUT2D eigenvalue weighted by molar-refractivity contribution is -0.134. The monoisotopic (exact) mass is 410 g/mol. The molecule has 0 unspecified atom stereocenters. The van der Waals surface area contributed by atoms with Crippen molar-refractivity contribution in [2.75, 3.05) is 26.3 Å². The average molecular weight is 411 g/mol. The molecular formula is C19H27BrN2O3. The molecule has 0 N–H and O–H groups in total. The molecule has 0 aromatic heterocycles. The van der Waals surface area contributed by atoms with Gasteiger partial charge in [-0.25, -0.2) is 0 Å². The van der Waals surface area contributed by atoms with Crippen molar-refractivity contribution in [2.24, 2.45) is 11.8 Å². The normalized spacial score (nSPS) is 10.7. The molecule has 1 rings (SSSR count). The number of carbonyl (C=O) groups excluding carboxylic acids is 1. The number of amides is 1. The SMILES string of the molecule is CCOc1cc(C#N)cc(Br)c1OCC(=O)N(CC(C)C)CC(C)C. The highest BCUT2D eigenvalue weighted by Gasteiger charge is 2.19. The Kier molecular flexibility index (Phi) is 8.77. The summed E-state index contributed by atoms with van der Waals surface area (Å²) in [5.41, 5.74) is 0.468. The molecule has 1 amide bonds. The number of rotatable bonds is 9. The summed E-state index contributed by atoms with van der Waals surface area (Å²) in [6.07, 6.45) is 0. The minimum Gasteiger partial charge on any atom is -0.490 e. The van der Waals surface area contributed by atoms with Crippen molar-refractivity contribution in [3.05, 3.63) is 22.2 Å². The Morgan fingerprint density at radius 2 is 1.80 bits per heavy atom. The molecule has 0 heterocycles. The van der Waals surface area contributed by atoms with E-state index in [0.717, 1.165) is 0 Å². The van der Waals surface area contributed by atoms with Crippen molar-refractivity contribution < 1.29 is 14.3 Å². The molecule has 0 bridgehead atoms. The van der Waals surface area contributed by atoms with Crippen LogP contribution in [0.25, 0.3) is 0 Å². The predicted molar refractivity (Wildman–Crippen MR) is 102 cm³/mol. The molecular weight excluding hydrogens is 384 g/mol. The molecule has 0 spiro atoms. The minimum absolute atomic E-state index is 0.0545. The van der Waals surface area contributed by atoms with Gasteiger partial charge in [-0.3, -0.25) is 4.79 Å². The molecule has 0 saturated heterocycles. The summed E-state index contributed by atoms with van der Waals surface area (Å²) in [7, 11) is 0. The van der Waals surface area contributed by atoms with Crippen LogP contribution in [-0.4, -0.2) is 37.1 Å². The lowest BCUT2D eigenvalue weighted by Crippen LogP contribution is -2.39. The molecule has 0 saturated carbocycles. The Labute approximate surface area is 159 Å². The third-order valence-electron chi connectivity index (χ3n) is 3.30. The highest BCUT2D eigenvalue weighted by Crippen LogP contribution is 2.36. The summed E-state index contributed by atoms with van der Waals surface area (Å²) < 4.78 is 11.9. The van der Waals surface area contributed by atoms with Gasteiger partial charge >= 0.3 is 0 Å². The van der Waals surface area contributed by atoms with Crippen LogP contribution in [0.5, 0.6) is 11.5 Å². The number of carbonyl (C=O) groups is 1. The molecule has 0 fully saturated rings. The number of benzene rings is 1. The van der Waals surface area contributed by atoms with E-state index in [2.05, 4.69) is 49.7 Å². The van der Waals surface area contributed by atoms with Crippen LogP contribution in [0, 0.1) is 23.2 Å². The summed E-state index contributed by atoms with van der Waals surface area (Å²) in [5, 5.41) is 9.08. The zero-order valence-corrected chi connectivity index (χ0v) is 17.2. The third-order valence-corrected chi connectivity index (χ3v) is 3.89. The van der Waals surface area contributed by atoms with Crippen LogP contribution in [0.3, 0.4) is 0 Å². The Balaban J connectivity index is 2.91. The Morgan fingerprint density at radius 3 is 2.28 bits per heavy atom. The van der Waals surface area contributed by atoms with Gasteiger partial charge in [0.15, 0.2) is 18.1 Å². The molecule has 0 atom stereocenters. The number of hydrogen-bond acceptors (Lipinski definition) is 4. The first-order valence-corrected chi connectivity index (χ1v) is 9.34. The second-order valence-corrected chi connectivity index (χ2v) is 7.56. The summed E-state index contributed by atoms with van der Waals surface area (Å²) in [5.74, 6) is 1.64. The van der Waals surface area contributed by atoms with Crippen LogP contribution in [0.1, 0.15) is 40.2 Å².